The topological polar surface area (TPSA) is 123 Å². The van der Waals surface area contributed by atoms with Crippen molar-refractivity contribution in [1.82, 2.24) is 15.8 Å². The molecule has 1 aromatic rings. The number of nitrogens with two attached hydrogens (primary N) is 1. The van der Waals surface area contributed by atoms with Gasteiger partial charge < -0.3 is 20.1 Å². The number of primary amides is 1. The molecule has 2 rings (SSSR count). The third-order valence-electron chi connectivity index (χ3n) is 4.02. The van der Waals surface area contributed by atoms with E-state index in [2.05, 4.69) is 10.9 Å². The maximum absolute atomic E-state index is 12.2. The van der Waals surface area contributed by atoms with Crippen LogP contribution in [0.2, 0.25) is 0 Å². The van der Waals surface area contributed by atoms with Crippen LogP contribution >= 0.6 is 0 Å². The second-order valence-electron chi connectivity index (χ2n) is 5.67. The molecule has 1 aliphatic heterocycles. The van der Waals surface area contributed by atoms with Gasteiger partial charge in [-0.15, -0.1) is 0 Å². The Bertz CT molecular complexity index is 642. The number of rotatable bonds is 4. The number of likely N-dealkylation sites (tertiary alicyclic amines) is 1. The molecular formula is C16H22N4O5. The van der Waals surface area contributed by atoms with Crippen LogP contribution in [0.5, 0.6) is 11.5 Å². The molecule has 9 nitrogen and oxygen atoms in total. The van der Waals surface area contributed by atoms with Gasteiger partial charge in [0.25, 0.3) is 5.91 Å². The Morgan fingerprint density at radius 3 is 2.32 bits per heavy atom. The first-order valence-corrected chi connectivity index (χ1v) is 7.82. The number of hydrogen-bond donors (Lipinski definition) is 3. The number of nitrogens with one attached hydrogen (secondary N) is 2. The summed E-state index contributed by atoms with van der Waals surface area (Å²) in [5.41, 5.74) is 10.3. The van der Waals surface area contributed by atoms with Crippen molar-refractivity contribution in [2.24, 2.45) is 11.7 Å². The normalized spacial score (nSPS) is 16.7. The molecule has 1 aliphatic rings. The van der Waals surface area contributed by atoms with E-state index in [0.29, 0.717) is 30.9 Å². The third kappa shape index (κ3) is 4.75. The van der Waals surface area contributed by atoms with Crippen LogP contribution in [0.1, 0.15) is 23.2 Å². The summed E-state index contributed by atoms with van der Waals surface area (Å²) in [5, 5.41) is 0. The van der Waals surface area contributed by atoms with Gasteiger partial charge in [0.05, 0.1) is 20.1 Å². The average molecular weight is 350 g/mol. The highest BCUT2D eigenvalue weighted by Gasteiger charge is 2.27. The third-order valence-corrected chi connectivity index (χ3v) is 4.02. The van der Waals surface area contributed by atoms with Crippen molar-refractivity contribution in [1.29, 1.82) is 0 Å². The summed E-state index contributed by atoms with van der Waals surface area (Å²) in [6.07, 6.45) is 1.31. The van der Waals surface area contributed by atoms with Crippen molar-refractivity contribution >= 4 is 17.8 Å². The molecule has 4 N–H and O–H groups in total. The molecular weight excluding hydrogens is 328 g/mol. The number of ether oxygens (including phenoxy) is 2. The first-order valence-electron chi connectivity index (χ1n) is 7.82. The fourth-order valence-electron chi connectivity index (χ4n) is 2.62. The summed E-state index contributed by atoms with van der Waals surface area (Å²) in [7, 11) is 2.96. The summed E-state index contributed by atoms with van der Waals surface area (Å²) in [4.78, 5) is 37.1. The molecule has 1 atom stereocenters. The zero-order chi connectivity index (χ0) is 18.4. The predicted molar refractivity (Wildman–Crippen MR) is 89.0 cm³/mol. The van der Waals surface area contributed by atoms with Crippen LogP contribution in [0.3, 0.4) is 0 Å². The Labute approximate surface area is 145 Å². The molecule has 1 fully saturated rings. The van der Waals surface area contributed by atoms with Gasteiger partial charge in [0, 0.05) is 24.7 Å². The Morgan fingerprint density at radius 1 is 1.12 bits per heavy atom. The number of amides is 4. The van der Waals surface area contributed by atoms with Crippen LogP contribution < -0.4 is 26.1 Å². The van der Waals surface area contributed by atoms with Crippen molar-refractivity contribution in [3.8, 4) is 11.5 Å². The second kappa shape index (κ2) is 8.22. The van der Waals surface area contributed by atoms with Crippen molar-refractivity contribution in [3.05, 3.63) is 23.8 Å². The zero-order valence-electron chi connectivity index (χ0n) is 14.2. The van der Waals surface area contributed by atoms with Crippen LogP contribution in [0.25, 0.3) is 0 Å². The molecule has 1 saturated heterocycles. The van der Waals surface area contributed by atoms with Crippen LogP contribution in [-0.2, 0) is 4.79 Å². The van der Waals surface area contributed by atoms with Crippen LogP contribution in [0.15, 0.2) is 18.2 Å². The number of methoxy groups -OCH3 is 2. The number of hydrazine groups is 1. The number of benzene rings is 1. The van der Waals surface area contributed by atoms with Gasteiger partial charge in [-0.3, -0.25) is 20.4 Å². The van der Waals surface area contributed by atoms with E-state index in [-0.39, 0.29) is 18.0 Å². The SMILES string of the molecule is COc1cc(OC)cc(C(=O)NNC(=O)[C@H]2CCCN(C(N)=O)C2)c1. The van der Waals surface area contributed by atoms with Crippen LogP contribution in [0, 0.1) is 5.92 Å². The summed E-state index contributed by atoms with van der Waals surface area (Å²) in [5.74, 6) is -0.371. The van der Waals surface area contributed by atoms with Gasteiger partial charge in [-0.1, -0.05) is 0 Å². The minimum absolute atomic E-state index is 0.240. The number of carbonyl (C=O) groups is 3. The maximum Gasteiger partial charge on any atom is 0.314 e. The molecule has 0 spiro atoms. The lowest BCUT2D eigenvalue weighted by atomic mass is 9.98. The van der Waals surface area contributed by atoms with E-state index in [9.17, 15) is 14.4 Å². The maximum atomic E-state index is 12.2. The van der Waals surface area contributed by atoms with E-state index in [1.165, 1.54) is 31.3 Å². The Kier molecular flexibility index (Phi) is 6.04. The summed E-state index contributed by atoms with van der Waals surface area (Å²) >= 11 is 0. The largest absolute Gasteiger partial charge is 0.497 e. The molecule has 136 valence electrons. The molecule has 1 aromatic carbocycles. The smallest absolute Gasteiger partial charge is 0.314 e. The average Bonchev–Trinajstić information content (AvgIpc) is 2.65. The molecule has 0 unspecified atom stereocenters. The summed E-state index contributed by atoms with van der Waals surface area (Å²) in [6.45, 7) is 0.777. The summed E-state index contributed by atoms with van der Waals surface area (Å²) < 4.78 is 10.2. The molecule has 0 bridgehead atoms. The highest BCUT2D eigenvalue weighted by atomic mass is 16.5. The monoisotopic (exact) mass is 350 g/mol. The minimum Gasteiger partial charge on any atom is -0.497 e. The zero-order valence-corrected chi connectivity index (χ0v) is 14.2. The highest BCUT2D eigenvalue weighted by Crippen LogP contribution is 2.22. The quantitative estimate of drug-likeness (QED) is 0.672. The first-order chi connectivity index (χ1) is 11.9. The van der Waals surface area contributed by atoms with E-state index in [4.69, 9.17) is 15.2 Å². The van der Waals surface area contributed by atoms with E-state index in [1.54, 1.807) is 6.07 Å². The van der Waals surface area contributed by atoms with Crippen molar-refractivity contribution in [2.75, 3.05) is 27.3 Å². The van der Waals surface area contributed by atoms with Gasteiger partial charge in [-0.05, 0) is 25.0 Å². The van der Waals surface area contributed by atoms with Gasteiger partial charge in [0.2, 0.25) is 5.91 Å². The van der Waals surface area contributed by atoms with Gasteiger partial charge in [-0.2, -0.15) is 0 Å². The Hall–Kier alpha value is -2.97. The molecule has 25 heavy (non-hydrogen) atoms. The number of carbonyl (C=O) groups excluding carboxylic acids is 3. The van der Waals surface area contributed by atoms with Gasteiger partial charge >= 0.3 is 6.03 Å². The lowest BCUT2D eigenvalue weighted by Gasteiger charge is -2.30. The van der Waals surface area contributed by atoms with Crippen LogP contribution in [0.4, 0.5) is 4.79 Å². The lowest BCUT2D eigenvalue weighted by molar-refractivity contribution is -0.127. The number of urea groups is 1. The van der Waals surface area contributed by atoms with E-state index in [0.717, 1.165) is 0 Å². The predicted octanol–water partition coefficient (Wildman–Crippen LogP) is 0.256. The van der Waals surface area contributed by atoms with Gasteiger partial charge in [0.15, 0.2) is 0 Å². The number of nitrogens with zero attached hydrogens (tertiary/aromatic N) is 1. The van der Waals surface area contributed by atoms with Crippen molar-refractivity contribution in [3.63, 3.8) is 0 Å². The minimum atomic E-state index is -0.551. The lowest BCUT2D eigenvalue weighted by Crippen LogP contribution is -2.50. The molecule has 0 aliphatic carbocycles. The Morgan fingerprint density at radius 2 is 1.76 bits per heavy atom. The standard InChI is InChI=1S/C16H22N4O5/c1-24-12-6-11(7-13(8-12)25-2)15(22)19-18-14(21)10-4-3-5-20(9-10)16(17)23/h6-8,10H,3-5,9H2,1-2H3,(H2,17,23)(H,18,21)(H,19,22)/t10-/m0/s1. The van der Waals surface area contributed by atoms with Crippen molar-refractivity contribution < 1.29 is 23.9 Å². The van der Waals surface area contributed by atoms with E-state index in [1.807, 2.05) is 0 Å². The fourth-order valence-corrected chi connectivity index (χ4v) is 2.62. The second-order valence-corrected chi connectivity index (χ2v) is 5.67. The first kappa shape index (κ1) is 18.4. The van der Waals surface area contributed by atoms with E-state index >= 15 is 0 Å². The van der Waals surface area contributed by atoms with Gasteiger partial charge in [-0.25, -0.2) is 4.79 Å². The molecule has 0 aromatic heterocycles. The molecule has 9 heteroatoms. The molecule has 0 radical (unpaired) electrons. The van der Waals surface area contributed by atoms with E-state index < -0.39 is 17.9 Å². The summed E-state index contributed by atoms with van der Waals surface area (Å²) in [6, 6.07) is 4.14. The van der Waals surface area contributed by atoms with Crippen LogP contribution in [-0.4, -0.2) is 50.1 Å². The number of hydrogen-bond acceptors (Lipinski definition) is 5. The molecule has 4 amide bonds. The van der Waals surface area contributed by atoms with Gasteiger partial charge in [0.1, 0.15) is 11.5 Å². The number of piperidine rings is 1. The van der Waals surface area contributed by atoms with Crippen molar-refractivity contribution in [2.45, 2.75) is 12.8 Å². The highest BCUT2D eigenvalue weighted by molar-refractivity contribution is 5.96. The fraction of sp³-hybridized carbons (Fsp3) is 0.438. The molecule has 1 heterocycles. The molecule has 0 saturated carbocycles. The Balaban J connectivity index is 1.95.